The Morgan fingerprint density at radius 3 is 2.72 bits per heavy atom. The van der Waals surface area contributed by atoms with Crippen molar-refractivity contribution in [3.63, 3.8) is 0 Å². The van der Waals surface area contributed by atoms with E-state index in [-0.39, 0.29) is 36.8 Å². The van der Waals surface area contributed by atoms with Crippen LogP contribution in [0.4, 0.5) is 5.82 Å². The van der Waals surface area contributed by atoms with E-state index in [4.69, 9.17) is 0 Å². The largest absolute Gasteiger partial charge is 0.363 e. The molecular formula is C18H26Cl2N4O. The summed E-state index contributed by atoms with van der Waals surface area (Å²) in [6.07, 6.45) is 3.20. The monoisotopic (exact) mass is 384 g/mol. The van der Waals surface area contributed by atoms with Gasteiger partial charge in [-0.15, -0.1) is 24.8 Å². The van der Waals surface area contributed by atoms with E-state index in [1.54, 1.807) is 0 Å². The van der Waals surface area contributed by atoms with Crippen LogP contribution in [0.25, 0.3) is 10.9 Å². The molecule has 0 saturated carbocycles. The number of hydrogen-bond donors (Lipinski definition) is 2. The molecule has 1 saturated heterocycles. The number of pyridine rings is 1. The minimum Gasteiger partial charge on any atom is -0.363 e. The molecule has 1 aromatic heterocycles. The molecule has 1 fully saturated rings. The molecule has 0 unspecified atom stereocenters. The molecule has 1 aliphatic heterocycles. The van der Waals surface area contributed by atoms with Crippen LogP contribution in [0.15, 0.2) is 30.3 Å². The highest BCUT2D eigenvalue weighted by atomic mass is 35.5. The first kappa shape index (κ1) is 21.5. The van der Waals surface area contributed by atoms with Gasteiger partial charge < -0.3 is 15.5 Å². The first-order valence-corrected chi connectivity index (χ1v) is 8.22. The highest BCUT2D eigenvalue weighted by Gasteiger charge is 2.20. The number of halogens is 2. The summed E-state index contributed by atoms with van der Waals surface area (Å²) in [5.74, 6) is 1.00. The SMILES string of the molecule is CN(C)c1cc(CNC(=O)[C@H]2CCCCN2)c2ccccc2n1.Cl.Cl. The Labute approximate surface area is 161 Å². The van der Waals surface area contributed by atoms with Crippen LogP contribution < -0.4 is 15.5 Å². The smallest absolute Gasteiger partial charge is 0.237 e. The van der Waals surface area contributed by atoms with Crippen LogP contribution >= 0.6 is 24.8 Å². The van der Waals surface area contributed by atoms with E-state index in [1.807, 2.05) is 37.2 Å². The van der Waals surface area contributed by atoms with Crippen molar-refractivity contribution in [2.75, 3.05) is 25.5 Å². The maximum Gasteiger partial charge on any atom is 0.237 e. The summed E-state index contributed by atoms with van der Waals surface area (Å²) >= 11 is 0. The van der Waals surface area contributed by atoms with Crippen molar-refractivity contribution < 1.29 is 4.79 Å². The number of carbonyl (C=O) groups is 1. The number of piperidine rings is 1. The van der Waals surface area contributed by atoms with Gasteiger partial charge in [0.1, 0.15) is 5.82 Å². The van der Waals surface area contributed by atoms with E-state index >= 15 is 0 Å². The van der Waals surface area contributed by atoms with Crippen molar-refractivity contribution in [1.29, 1.82) is 0 Å². The summed E-state index contributed by atoms with van der Waals surface area (Å²) in [7, 11) is 3.96. The fourth-order valence-corrected chi connectivity index (χ4v) is 2.99. The van der Waals surface area contributed by atoms with Gasteiger partial charge in [-0.3, -0.25) is 4.79 Å². The summed E-state index contributed by atoms with van der Waals surface area (Å²) < 4.78 is 0. The lowest BCUT2D eigenvalue weighted by atomic mass is 10.0. The maximum atomic E-state index is 12.3. The summed E-state index contributed by atoms with van der Waals surface area (Å²) in [4.78, 5) is 19.0. The topological polar surface area (TPSA) is 57.3 Å². The number of fused-ring (bicyclic) bond motifs is 1. The number of amides is 1. The number of carbonyl (C=O) groups excluding carboxylic acids is 1. The number of benzene rings is 1. The van der Waals surface area contributed by atoms with E-state index in [1.165, 1.54) is 0 Å². The molecule has 0 aliphatic carbocycles. The van der Waals surface area contributed by atoms with Gasteiger partial charge in [-0.2, -0.15) is 0 Å². The number of rotatable bonds is 4. The fourth-order valence-electron chi connectivity index (χ4n) is 2.99. The molecule has 5 nitrogen and oxygen atoms in total. The summed E-state index contributed by atoms with van der Waals surface area (Å²) in [5.41, 5.74) is 2.06. The van der Waals surface area contributed by atoms with Gasteiger partial charge in [0, 0.05) is 26.0 Å². The van der Waals surface area contributed by atoms with Crippen LogP contribution in [-0.4, -0.2) is 37.6 Å². The summed E-state index contributed by atoms with van der Waals surface area (Å²) in [5, 5.41) is 7.46. The lowest BCUT2D eigenvalue weighted by molar-refractivity contribution is -0.123. The number of nitrogens with zero attached hydrogens (tertiary/aromatic N) is 2. The third-order valence-electron chi connectivity index (χ3n) is 4.33. The fraction of sp³-hybridized carbons (Fsp3) is 0.444. The van der Waals surface area contributed by atoms with Gasteiger partial charge in [-0.25, -0.2) is 4.98 Å². The van der Waals surface area contributed by atoms with Gasteiger partial charge >= 0.3 is 0 Å². The standard InChI is InChI=1S/C18H24N4O.2ClH/c1-22(2)17-11-13(14-7-3-4-8-15(14)21-17)12-20-18(23)16-9-5-6-10-19-16;;/h3-4,7-8,11,16,19H,5-6,9-10,12H2,1-2H3,(H,20,23);2*1H/t16-;;/m1../s1. The molecule has 0 radical (unpaired) electrons. The Bertz CT molecular complexity index is 703. The van der Waals surface area contributed by atoms with Crippen LogP contribution in [0.2, 0.25) is 0 Å². The Morgan fingerprint density at radius 2 is 2.04 bits per heavy atom. The second kappa shape index (κ2) is 9.80. The Morgan fingerprint density at radius 1 is 1.28 bits per heavy atom. The third-order valence-corrected chi connectivity index (χ3v) is 4.33. The molecule has 0 spiro atoms. The van der Waals surface area contributed by atoms with Crippen LogP contribution in [0.3, 0.4) is 0 Å². The maximum absolute atomic E-state index is 12.3. The zero-order valence-electron chi connectivity index (χ0n) is 14.6. The molecule has 0 bridgehead atoms. The van der Waals surface area contributed by atoms with Crippen molar-refractivity contribution in [3.8, 4) is 0 Å². The van der Waals surface area contributed by atoms with Crippen molar-refractivity contribution in [2.45, 2.75) is 31.8 Å². The summed E-state index contributed by atoms with van der Waals surface area (Å²) in [6, 6.07) is 10.1. The number of anilines is 1. The first-order valence-electron chi connectivity index (χ1n) is 8.22. The number of nitrogens with one attached hydrogen (secondary N) is 2. The lowest BCUT2D eigenvalue weighted by Crippen LogP contribution is -2.46. The van der Waals surface area contributed by atoms with Crippen molar-refractivity contribution >= 4 is 47.4 Å². The molecule has 1 amide bonds. The van der Waals surface area contributed by atoms with E-state index < -0.39 is 0 Å². The molecule has 138 valence electrons. The number of para-hydroxylation sites is 1. The van der Waals surface area contributed by atoms with E-state index in [2.05, 4.69) is 27.8 Å². The first-order chi connectivity index (χ1) is 11.1. The molecule has 1 aliphatic rings. The Hall–Kier alpha value is -1.56. The molecule has 1 aromatic carbocycles. The highest BCUT2D eigenvalue weighted by Crippen LogP contribution is 2.22. The van der Waals surface area contributed by atoms with Gasteiger partial charge in [-0.1, -0.05) is 24.6 Å². The Kier molecular flexibility index (Phi) is 8.42. The highest BCUT2D eigenvalue weighted by molar-refractivity contribution is 5.86. The number of aromatic nitrogens is 1. The van der Waals surface area contributed by atoms with Gasteiger partial charge in [0.05, 0.1) is 11.6 Å². The second-order valence-electron chi connectivity index (χ2n) is 6.27. The predicted molar refractivity (Wildman–Crippen MR) is 108 cm³/mol. The molecule has 7 heteroatoms. The quantitative estimate of drug-likeness (QED) is 0.850. The average molecular weight is 385 g/mol. The summed E-state index contributed by atoms with van der Waals surface area (Å²) in [6.45, 7) is 1.46. The Balaban J connectivity index is 0.00000156. The average Bonchev–Trinajstić information content (AvgIpc) is 2.59. The molecule has 3 rings (SSSR count). The van der Waals surface area contributed by atoms with Crippen LogP contribution in [0, 0.1) is 0 Å². The molecule has 2 aromatic rings. The minimum absolute atomic E-state index is 0. The molecular weight excluding hydrogens is 359 g/mol. The molecule has 25 heavy (non-hydrogen) atoms. The minimum atomic E-state index is -0.0508. The van der Waals surface area contributed by atoms with Gasteiger partial charge in [0.15, 0.2) is 0 Å². The van der Waals surface area contributed by atoms with Gasteiger partial charge in [0.25, 0.3) is 0 Å². The molecule has 1 atom stereocenters. The zero-order chi connectivity index (χ0) is 16.2. The van der Waals surface area contributed by atoms with Crippen molar-refractivity contribution in [3.05, 3.63) is 35.9 Å². The zero-order valence-corrected chi connectivity index (χ0v) is 16.3. The normalized spacial score (nSPS) is 16.5. The molecule has 2 heterocycles. The van der Waals surface area contributed by atoms with Gasteiger partial charge in [-0.05, 0) is 37.1 Å². The number of hydrogen-bond acceptors (Lipinski definition) is 4. The predicted octanol–water partition coefficient (Wildman–Crippen LogP) is 2.90. The van der Waals surface area contributed by atoms with Crippen LogP contribution in [0.1, 0.15) is 24.8 Å². The van der Waals surface area contributed by atoms with E-state index in [0.717, 1.165) is 48.1 Å². The lowest BCUT2D eigenvalue weighted by Gasteiger charge is -2.23. The molecule has 2 N–H and O–H groups in total. The third kappa shape index (κ3) is 5.21. The van der Waals surface area contributed by atoms with Crippen LogP contribution in [-0.2, 0) is 11.3 Å². The van der Waals surface area contributed by atoms with Gasteiger partial charge in [0.2, 0.25) is 5.91 Å². The van der Waals surface area contributed by atoms with Crippen molar-refractivity contribution in [2.24, 2.45) is 0 Å². The van der Waals surface area contributed by atoms with E-state index in [9.17, 15) is 4.79 Å². The van der Waals surface area contributed by atoms with Crippen molar-refractivity contribution in [1.82, 2.24) is 15.6 Å². The second-order valence-corrected chi connectivity index (χ2v) is 6.27. The van der Waals surface area contributed by atoms with Crippen LogP contribution in [0.5, 0.6) is 0 Å². The van der Waals surface area contributed by atoms with E-state index in [0.29, 0.717) is 6.54 Å².